The van der Waals surface area contributed by atoms with Gasteiger partial charge in [-0.15, -0.1) is 0 Å². The van der Waals surface area contributed by atoms with E-state index in [4.69, 9.17) is 16.6 Å². The Kier molecular flexibility index (Phi) is 2.83. The van der Waals surface area contributed by atoms with Crippen molar-refractivity contribution >= 4 is 29.1 Å². The van der Waals surface area contributed by atoms with Gasteiger partial charge in [-0.25, -0.2) is 0 Å². The van der Waals surface area contributed by atoms with Crippen molar-refractivity contribution in [2.24, 2.45) is 4.99 Å². The Bertz CT molecular complexity index is 1010. The summed E-state index contributed by atoms with van der Waals surface area (Å²) in [4.78, 5) is 5.02. The van der Waals surface area contributed by atoms with Crippen molar-refractivity contribution in [1.29, 1.82) is 0 Å². The van der Waals surface area contributed by atoms with Crippen LogP contribution in [0.1, 0.15) is 22.3 Å². The lowest BCUT2D eigenvalue weighted by molar-refractivity contribution is 0.892. The largest absolute Gasteiger partial charge is 0.251 e. The van der Waals surface area contributed by atoms with Crippen molar-refractivity contribution < 1.29 is 0 Å². The van der Waals surface area contributed by atoms with Crippen LogP contribution in [0.15, 0.2) is 83.9 Å². The first-order valence-corrected chi connectivity index (χ1v) is 8.40. The molecule has 0 saturated carbocycles. The third-order valence-electron chi connectivity index (χ3n) is 4.96. The van der Waals surface area contributed by atoms with E-state index in [1.807, 2.05) is 18.2 Å². The number of benzene rings is 3. The van der Waals surface area contributed by atoms with Gasteiger partial charge in [-0.2, -0.15) is 0 Å². The van der Waals surface area contributed by atoms with Crippen molar-refractivity contribution in [2.75, 3.05) is 0 Å². The molecule has 1 atom stereocenters. The molecular formula is C22H14ClN. The minimum absolute atomic E-state index is 0.338. The third kappa shape index (κ3) is 1.73. The zero-order valence-electron chi connectivity index (χ0n) is 12.9. The highest BCUT2D eigenvalue weighted by atomic mass is 35.5. The van der Waals surface area contributed by atoms with Crippen molar-refractivity contribution in [3.8, 4) is 0 Å². The second kappa shape index (κ2) is 4.93. The Balaban J connectivity index is 1.86. The quantitative estimate of drug-likeness (QED) is 0.536. The molecule has 3 aromatic carbocycles. The fourth-order valence-corrected chi connectivity index (χ4v) is 3.98. The van der Waals surface area contributed by atoms with Gasteiger partial charge < -0.3 is 0 Å². The monoisotopic (exact) mass is 327 g/mol. The maximum atomic E-state index is 6.12. The van der Waals surface area contributed by atoms with Crippen molar-refractivity contribution in [3.63, 3.8) is 0 Å². The van der Waals surface area contributed by atoms with E-state index in [-0.39, 0.29) is 5.41 Å². The maximum Gasteiger partial charge on any atom is 0.0835 e. The van der Waals surface area contributed by atoms with E-state index >= 15 is 0 Å². The Hall–Kier alpha value is -2.64. The minimum Gasteiger partial charge on any atom is -0.251 e. The van der Waals surface area contributed by atoms with Crippen LogP contribution in [0.2, 0.25) is 5.02 Å². The summed E-state index contributed by atoms with van der Waals surface area (Å²) in [6.07, 6.45) is 4.49. The second-order valence-corrected chi connectivity index (χ2v) is 6.65. The number of para-hydroxylation sites is 1. The van der Waals surface area contributed by atoms with Gasteiger partial charge in [0.1, 0.15) is 0 Å². The summed E-state index contributed by atoms with van der Waals surface area (Å²) in [5.74, 6) is 0. The molecule has 1 aliphatic heterocycles. The first-order valence-electron chi connectivity index (χ1n) is 8.02. The summed E-state index contributed by atoms with van der Waals surface area (Å²) < 4.78 is 0. The average molecular weight is 328 g/mol. The van der Waals surface area contributed by atoms with Gasteiger partial charge in [0.25, 0.3) is 0 Å². The van der Waals surface area contributed by atoms with Crippen LogP contribution in [-0.4, -0.2) is 5.71 Å². The van der Waals surface area contributed by atoms with Gasteiger partial charge in [-0.05, 0) is 34.9 Å². The molecule has 1 nitrogen and oxygen atoms in total. The van der Waals surface area contributed by atoms with E-state index in [2.05, 4.69) is 66.7 Å². The standard InChI is InChI=1S/C22H14ClN/c23-17-11-9-16(10-12-17)22-14-13-15-5-1-2-6-18(15)21(22)24-20-8-4-3-7-19(20)22/h1-14H/t22-/m1/s1. The topological polar surface area (TPSA) is 12.4 Å². The van der Waals surface area contributed by atoms with Gasteiger partial charge in [0.2, 0.25) is 0 Å². The highest BCUT2D eigenvalue weighted by Gasteiger charge is 2.45. The second-order valence-electron chi connectivity index (χ2n) is 6.21. The van der Waals surface area contributed by atoms with Crippen LogP contribution in [0.4, 0.5) is 5.69 Å². The van der Waals surface area contributed by atoms with Gasteiger partial charge in [-0.3, -0.25) is 4.99 Å². The first-order chi connectivity index (χ1) is 11.8. The van der Waals surface area contributed by atoms with Crippen LogP contribution in [-0.2, 0) is 5.41 Å². The number of rotatable bonds is 1. The number of hydrogen-bond donors (Lipinski definition) is 0. The predicted molar refractivity (Wildman–Crippen MR) is 100 cm³/mol. The molecule has 1 aliphatic carbocycles. The maximum absolute atomic E-state index is 6.12. The Labute approximate surface area is 146 Å². The van der Waals surface area contributed by atoms with Crippen LogP contribution in [0.5, 0.6) is 0 Å². The molecule has 3 aromatic rings. The smallest absolute Gasteiger partial charge is 0.0835 e. The molecule has 2 aliphatic rings. The molecular weight excluding hydrogens is 314 g/mol. The highest BCUT2D eigenvalue weighted by molar-refractivity contribution is 6.30. The van der Waals surface area contributed by atoms with Crippen molar-refractivity contribution in [1.82, 2.24) is 0 Å². The third-order valence-corrected chi connectivity index (χ3v) is 5.22. The van der Waals surface area contributed by atoms with E-state index in [1.165, 1.54) is 22.3 Å². The zero-order valence-corrected chi connectivity index (χ0v) is 13.7. The van der Waals surface area contributed by atoms with Crippen LogP contribution >= 0.6 is 11.6 Å². The lowest BCUT2D eigenvalue weighted by Crippen LogP contribution is -2.35. The molecule has 5 rings (SSSR count). The molecule has 0 radical (unpaired) electrons. The predicted octanol–water partition coefficient (Wildman–Crippen LogP) is 5.79. The Morgan fingerprint density at radius 1 is 0.792 bits per heavy atom. The fourth-order valence-electron chi connectivity index (χ4n) is 3.86. The molecule has 0 fully saturated rings. The molecule has 0 saturated heterocycles. The van der Waals surface area contributed by atoms with Gasteiger partial charge in [0.15, 0.2) is 0 Å². The number of hydrogen-bond acceptors (Lipinski definition) is 1. The lowest BCUT2D eigenvalue weighted by Gasteiger charge is -2.33. The summed E-state index contributed by atoms with van der Waals surface area (Å²) in [6.45, 7) is 0. The minimum atomic E-state index is -0.338. The molecule has 24 heavy (non-hydrogen) atoms. The van der Waals surface area contributed by atoms with Crippen LogP contribution in [0, 0.1) is 0 Å². The van der Waals surface area contributed by atoms with Crippen LogP contribution < -0.4 is 0 Å². The van der Waals surface area contributed by atoms with Gasteiger partial charge >= 0.3 is 0 Å². The van der Waals surface area contributed by atoms with E-state index in [0.717, 1.165) is 16.4 Å². The lowest BCUT2D eigenvalue weighted by atomic mass is 9.67. The summed E-state index contributed by atoms with van der Waals surface area (Å²) in [5.41, 5.74) is 6.65. The number of halogens is 1. The molecule has 0 aromatic heterocycles. The molecule has 0 spiro atoms. The average Bonchev–Trinajstić information content (AvgIpc) is 2.98. The van der Waals surface area contributed by atoms with Gasteiger partial charge in [0.05, 0.1) is 16.8 Å². The van der Waals surface area contributed by atoms with E-state index < -0.39 is 0 Å². The van der Waals surface area contributed by atoms with Crippen molar-refractivity contribution in [2.45, 2.75) is 5.41 Å². The molecule has 2 heteroatoms. The van der Waals surface area contributed by atoms with Crippen molar-refractivity contribution in [3.05, 3.63) is 106 Å². The number of fused-ring (bicyclic) bond motifs is 5. The Morgan fingerprint density at radius 3 is 2.42 bits per heavy atom. The van der Waals surface area contributed by atoms with Crippen LogP contribution in [0.3, 0.4) is 0 Å². The molecule has 0 amide bonds. The number of aliphatic imine (C=N–C) groups is 1. The summed E-state index contributed by atoms with van der Waals surface area (Å²) in [6, 6.07) is 25.0. The SMILES string of the molecule is Clc1ccc([C@@]23C=Cc4ccccc4C2=Nc2ccccc23)cc1. The fraction of sp³-hybridized carbons (Fsp3) is 0.0455. The van der Waals surface area contributed by atoms with Crippen LogP contribution in [0.25, 0.3) is 6.08 Å². The van der Waals surface area contributed by atoms with E-state index in [0.29, 0.717) is 0 Å². The normalized spacial score (nSPS) is 20.1. The molecule has 0 bridgehead atoms. The highest BCUT2D eigenvalue weighted by Crippen LogP contribution is 2.50. The zero-order chi connectivity index (χ0) is 16.1. The summed E-state index contributed by atoms with van der Waals surface area (Å²) in [7, 11) is 0. The first kappa shape index (κ1) is 13.8. The molecule has 0 unspecified atom stereocenters. The van der Waals surface area contributed by atoms with Gasteiger partial charge in [0, 0.05) is 10.6 Å². The number of nitrogens with zero attached hydrogens (tertiary/aromatic N) is 1. The summed E-state index contributed by atoms with van der Waals surface area (Å²) >= 11 is 6.12. The van der Waals surface area contributed by atoms with E-state index in [1.54, 1.807) is 0 Å². The number of allylic oxidation sites excluding steroid dienone is 1. The summed E-state index contributed by atoms with van der Waals surface area (Å²) in [5, 5.41) is 0.750. The molecule has 114 valence electrons. The molecule has 1 heterocycles. The van der Waals surface area contributed by atoms with Gasteiger partial charge in [-0.1, -0.05) is 78.4 Å². The molecule has 0 N–H and O–H groups in total. The van der Waals surface area contributed by atoms with E-state index in [9.17, 15) is 0 Å². The Morgan fingerprint density at radius 2 is 1.54 bits per heavy atom.